The van der Waals surface area contributed by atoms with Gasteiger partial charge in [-0.1, -0.05) is 28.8 Å². The first-order valence-electron chi connectivity index (χ1n) is 7.81. The standard InChI is InChI=1S/C18H19BrN2O/c19-13-5-7-14(8-6-13)21-9-15(12-3-1-2-4-12)16-10-22-11-17(20)18(16)21/h5-9,11-12H,1-4,10,20H2. The van der Waals surface area contributed by atoms with Crippen LogP contribution in [-0.2, 0) is 11.3 Å². The lowest BCUT2D eigenvalue weighted by molar-refractivity contribution is 0.230. The first kappa shape index (κ1) is 13.9. The number of rotatable bonds is 2. The van der Waals surface area contributed by atoms with E-state index in [1.807, 2.05) is 0 Å². The Morgan fingerprint density at radius 2 is 1.86 bits per heavy atom. The van der Waals surface area contributed by atoms with Crippen LogP contribution in [-0.4, -0.2) is 4.57 Å². The lowest BCUT2D eigenvalue weighted by Crippen LogP contribution is -2.11. The predicted molar refractivity (Wildman–Crippen MR) is 91.6 cm³/mol. The molecule has 3 nitrogen and oxygen atoms in total. The van der Waals surface area contributed by atoms with E-state index >= 15 is 0 Å². The molecular weight excluding hydrogens is 340 g/mol. The predicted octanol–water partition coefficient (Wildman–Crippen LogP) is 4.68. The summed E-state index contributed by atoms with van der Waals surface area (Å²) < 4.78 is 8.88. The van der Waals surface area contributed by atoms with Crippen molar-refractivity contribution in [2.24, 2.45) is 5.73 Å². The van der Waals surface area contributed by atoms with Crippen LogP contribution in [0, 0.1) is 0 Å². The number of nitrogens with zero attached hydrogens (tertiary/aromatic N) is 1. The molecule has 2 heterocycles. The SMILES string of the molecule is NC1=COCc2c(C3CCCC3)cn(-c3ccc(Br)cc3)c21. The van der Waals surface area contributed by atoms with E-state index in [2.05, 4.69) is 51.0 Å². The highest BCUT2D eigenvalue weighted by Gasteiger charge is 2.28. The van der Waals surface area contributed by atoms with Gasteiger partial charge in [0.15, 0.2) is 0 Å². The molecule has 4 rings (SSSR count). The number of aromatic nitrogens is 1. The van der Waals surface area contributed by atoms with E-state index in [9.17, 15) is 0 Å². The third-order valence-corrected chi connectivity index (χ3v) is 5.28. The average Bonchev–Trinajstić information content (AvgIpc) is 3.15. The van der Waals surface area contributed by atoms with Crippen LogP contribution in [0.15, 0.2) is 41.2 Å². The fourth-order valence-electron chi connectivity index (χ4n) is 3.69. The number of benzene rings is 1. The summed E-state index contributed by atoms with van der Waals surface area (Å²) in [5.41, 5.74) is 11.9. The normalized spacial score (nSPS) is 18.0. The number of halogens is 1. The third-order valence-electron chi connectivity index (χ3n) is 4.75. The molecular formula is C18H19BrN2O. The van der Waals surface area contributed by atoms with Crippen LogP contribution in [0.3, 0.4) is 0 Å². The molecule has 2 aliphatic rings. The summed E-state index contributed by atoms with van der Waals surface area (Å²) in [6, 6.07) is 8.36. The highest BCUT2D eigenvalue weighted by atomic mass is 79.9. The van der Waals surface area contributed by atoms with Crippen molar-refractivity contribution in [3.8, 4) is 5.69 Å². The molecule has 2 aromatic rings. The van der Waals surface area contributed by atoms with Gasteiger partial charge in [-0.2, -0.15) is 0 Å². The molecule has 2 N–H and O–H groups in total. The first-order valence-corrected chi connectivity index (χ1v) is 8.61. The zero-order valence-electron chi connectivity index (χ0n) is 12.4. The van der Waals surface area contributed by atoms with Crippen molar-refractivity contribution in [3.05, 3.63) is 58.0 Å². The number of hydrogen-bond acceptors (Lipinski definition) is 2. The van der Waals surface area contributed by atoms with Gasteiger partial charge in [0.05, 0.1) is 11.4 Å². The molecule has 0 saturated heterocycles. The fraction of sp³-hybridized carbons (Fsp3) is 0.333. The van der Waals surface area contributed by atoms with Crippen LogP contribution in [0.5, 0.6) is 0 Å². The molecule has 0 unspecified atom stereocenters. The highest BCUT2D eigenvalue weighted by Crippen LogP contribution is 2.40. The van der Waals surface area contributed by atoms with Crippen LogP contribution in [0.4, 0.5) is 0 Å². The largest absolute Gasteiger partial charge is 0.494 e. The molecule has 4 heteroatoms. The molecule has 0 atom stereocenters. The van der Waals surface area contributed by atoms with E-state index < -0.39 is 0 Å². The summed E-state index contributed by atoms with van der Waals surface area (Å²) >= 11 is 3.50. The van der Waals surface area contributed by atoms with Crippen LogP contribution in [0.25, 0.3) is 11.4 Å². The highest BCUT2D eigenvalue weighted by molar-refractivity contribution is 9.10. The Balaban J connectivity index is 1.87. The Kier molecular flexibility index (Phi) is 3.49. The second-order valence-corrected chi connectivity index (χ2v) is 7.04. The average molecular weight is 359 g/mol. The van der Waals surface area contributed by atoms with Crippen molar-refractivity contribution in [1.82, 2.24) is 4.57 Å². The van der Waals surface area contributed by atoms with Gasteiger partial charge in [-0.25, -0.2) is 0 Å². The monoisotopic (exact) mass is 358 g/mol. The van der Waals surface area contributed by atoms with Gasteiger partial charge in [-0.15, -0.1) is 0 Å². The fourth-order valence-corrected chi connectivity index (χ4v) is 3.96. The minimum atomic E-state index is 0.630. The maximum absolute atomic E-state index is 6.23. The van der Waals surface area contributed by atoms with Gasteiger partial charge in [0, 0.05) is 21.9 Å². The van der Waals surface area contributed by atoms with E-state index in [1.165, 1.54) is 36.8 Å². The molecule has 1 aliphatic carbocycles. The number of ether oxygens (including phenoxy) is 1. The zero-order chi connectivity index (χ0) is 15.1. The van der Waals surface area contributed by atoms with Crippen molar-refractivity contribution in [3.63, 3.8) is 0 Å². The minimum absolute atomic E-state index is 0.630. The number of nitrogens with two attached hydrogens (primary N) is 1. The summed E-state index contributed by atoms with van der Waals surface area (Å²) in [6.45, 7) is 0.630. The first-order chi connectivity index (χ1) is 10.7. The van der Waals surface area contributed by atoms with Crippen molar-refractivity contribution < 1.29 is 4.74 Å². The molecule has 1 aromatic heterocycles. The maximum Gasteiger partial charge on any atom is 0.115 e. The van der Waals surface area contributed by atoms with Crippen LogP contribution < -0.4 is 5.73 Å². The van der Waals surface area contributed by atoms with E-state index in [1.54, 1.807) is 6.26 Å². The van der Waals surface area contributed by atoms with E-state index in [-0.39, 0.29) is 0 Å². The molecule has 114 valence electrons. The molecule has 1 saturated carbocycles. The van der Waals surface area contributed by atoms with Crippen LogP contribution in [0.1, 0.15) is 48.4 Å². The van der Waals surface area contributed by atoms with Crippen molar-refractivity contribution in [2.45, 2.75) is 38.2 Å². The van der Waals surface area contributed by atoms with Crippen LogP contribution in [0.2, 0.25) is 0 Å². The Morgan fingerprint density at radius 3 is 2.59 bits per heavy atom. The van der Waals surface area contributed by atoms with Crippen LogP contribution >= 0.6 is 15.9 Å². The van der Waals surface area contributed by atoms with Gasteiger partial charge in [0.25, 0.3) is 0 Å². The number of hydrogen-bond donors (Lipinski definition) is 1. The molecule has 0 spiro atoms. The topological polar surface area (TPSA) is 40.2 Å². The molecule has 1 aliphatic heterocycles. The molecule has 1 fully saturated rings. The van der Waals surface area contributed by atoms with E-state index in [4.69, 9.17) is 10.5 Å². The third kappa shape index (κ3) is 2.26. The molecule has 1 aromatic carbocycles. The summed E-state index contributed by atoms with van der Waals surface area (Å²) in [7, 11) is 0. The smallest absolute Gasteiger partial charge is 0.115 e. The van der Waals surface area contributed by atoms with Gasteiger partial charge in [0.1, 0.15) is 12.9 Å². The van der Waals surface area contributed by atoms with Crippen molar-refractivity contribution >= 4 is 21.6 Å². The second-order valence-electron chi connectivity index (χ2n) is 6.12. The van der Waals surface area contributed by atoms with Crippen molar-refractivity contribution in [1.29, 1.82) is 0 Å². The molecule has 22 heavy (non-hydrogen) atoms. The summed E-state index contributed by atoms with van der Waals surface area (Å²) in [4.78, 5) is 0. The Hall–Kier alpha value is -1.68. The second kappa shape index (κ2) is 5.51. The van der Waals surface area contributed by atoms with Gasteiger partial charge in [0.2, 0.25) is 0 Å². The van der Waals surface area contributed by atoms with Gasteiger partial charge in [-0.05, 0) is 48.6 Å². The molecule has 0 amide bonds. The lowest BCUT2D eigenvalue weighted by atomic mass is 9.95. The van der Waals surface area contributed by atoms with Gasteiger partial charge in [-0.3, -0.25) is 0 Å². The quantitative estimate of drug-likeness (QED) is 0.845. The Labute approximate surface area is 138 Å². The summed E-state index contributed by atoms with van der Waals surface area (Å²) in [5, 5.41) is 0. The molecule has 0 radical (unpaired) electrons. The molecule has 0 bridgehead atoms. The summed E-state index contributed by atoms with van der Waals surface area (Å²) in [6.07, 6.45) is 9.17. The Bertz CT molecular complexity index is 724. The van der Waals surface area contributed by atoms with Gasteiger partial charge >= 0.3 is 0 Å². The number of fused-ring (bicyclic) bond motifs is 1. The Morgan fingerprint density at radius 1 is 1.14 bits per heavy atom. The van der Waals surface area contributed by atoms with Gasteiger partial charge < -0.3 is 15.0 Å². The minimum Gasteiger partial charge on any atom is -0.494 e. The maximum atomic E-state index is 6.23. The lowest BCUT2D eigenvalue weighted by Gasteiger charge is -2.17. The zero-order valence-corrected chi connectivity index (χ0v) is 14.0. The van der Waals surface area contributed by atoms with E-state index in [0.717, 1.165) is 15.9 Å². The van der Waals surface area contributed by atoms with Crippen molar-refractivity contribution in [2.75, 3.05) is 0 Å². The summed E-state index contributed by atoms with van der Waals surface area (Å²) in [5.74, 6) is 0.653. The van der Waals surface area contributed by atoms with E-state index in [0.29, 0.717) is 18.2 Å².